The monoisotopic (exact) mass is 262 g/mol. The van der Waals surface area contributed by atoms with Gasteiger partial charge in [-0.25, -0.2) is 0 Å². The molecule has 0 saturated heterocycles. The molecule has 0 amide bonds. The molecule has 0 unspecified atom stereocenters. The van der Waals surface area contributed by atoms with Crippen LogP contribution in [0.1, 0.15) is 19.4 Å². The predicted molar refractivity (Wildman–Crippen MR) is 78.1 cm³/mol. The molecule has 0 saturated carbocycles. The molecular formula is C14H22N4O. The molecule has 0 aliphatic rings. The van der Waals surface area contributed by atoms with Crippen molar-refractivity contribution >= 4 is 5.96 Å². The molecule has 0 aliphatic heterocycles. The van der Waals surface area contributed by atoms with E-state index >= 15 is 0 Å². The molecule has 0 aliphatic carbocycles. The van der Waals surface area contributed by atoms with E-state index in [2.05, 4.69) is 34.4 Å². The first-order chi connectivity index (χ1) is 9.11. The molecule has 104 valence electrons. The number of guanidine groups is 1. The standard InChI is InChI=1S/C14H22N4O/c1-5-15-14(17-18(4)19-12(2)3)16-11-13-9-7-6-8-10-13/h6-10H,2,5,11H2,1,3-4H3,(H2,15,16,17). The molecule has 5 heteroatoms. The van der Waals surface area contributed by atoms with Crippen molar-refractivity contribution in [1.82, 2.24) is 15.8 Å². The molecule has 1 rings (SSSR count). The summed E-state index contributed by atoms with van der Waals surface area (Å²) in [5, 5.41) is 12.0. The van der Waals surface area contributed by atoms with Gasteiger partial charge in [0.05, 0.1) is 7.05 Å². The molecule has 0 heterocycles. The van der Waals surface area contributed by atoms with Gasteiger partial charge in [-0.2, -0.15) is 0 Å². The zero-order valence-electron chi connectivity index (χ0n) is 11.8. The minimum Gasteiger partial charge on any atom is -0.368 e. The lowest BCUT2D eigenvalue weighted by Gasteiger charge is -2.17. The molecule has 1 aromatic carbocycles. The van der Waals surface area contributed by atoms with Gasteiger partial charge in [-0.3, -0.25) is 0 Å². The van der Waals surface area contributed by atoms with Crippen molar-refractivity contribution in [3.63, 3.8) is 0 Å². The van der Waals surface area contributed by atoms with E-state index < -0.39 is 0 Å². The number of benzene rings is 1. The second kappa shape index (κ2) is 8.02. The van der Waals surface area contributed by atoms with Crippen LogP contribution >= 0.6 is 0 Å². The van der Waals surface area contributed by atoms with E-state index in [9.17, 15) is 0 Å². The fraction of sp³-hybridized carbons (Fsp3) is 0.357. The number of nitrogens with one attached hydrogen (secondary N) is 2. The number of nitrogens with zero attached hydrogens (tertiary/aromatic N) is 2. The van der Waals surface area contributed by atoms with Gasteiger partial charge in [0.2, 0.25) is 5.96 Å². The van der Waals surface area contributed by atoms with Crippen LogP contribution < -0.4 is 10.6 Å². The van der Waals surface area contributed by atoms with Gasteiger partial charge in [0.25, 0.3) is 0 Å². The summed E-state index contributed by atoms with van der Waals surface area (Å²) in [4.78, 5) is 5.25. The highest BCUT2D eigenvalue weighted by Crippen LogP contribution is 1.98. The molecule has 0 fully saturated rings. The van der Waals surface area contributed by atoms with E-state index in [0.29, 0.717) is 18.3 Å². The fourth-order valence-corrected chi connectivity index (χ4v) is 1.47. The lowest BCUT2D eigenvalue weighted by Crippen LogP contribution is -2.38. The highest BCUT2D eigenvalue weighted by Gasteiger charge is 2.01. The maximum Gasteiger partial charge on any atom is 0.217 e. The Morgan fingerprint density at radius 3 is 2.58 bits per heavy atom. The van der Waals surface area contributed by atoms with E-state index in [1.54, 1.807) is 14.0 Å². The van der Waals surface area contributed by atoms with Crippen LogP contribution in [-0.4, -0.2) is 24.7 Å². The van der Waals surface area contributed by atoms with E-state index in [1.165, 1.54) is 10.7 Å². The third-order valence-corrected chi connectivity index (χ3v) is 2.18. The Hall–Kier alpha value is -2.17. The molecule has 0 spiro atoms. The normalized spacial score (nSPS) is 10.8. The van der Waals surface area contributed by atoms with Gasteiger partial charge < -0.3 is 15.5 Å². The first kappa shape index (κ1) is 14.9. The summed E-state index contributed by atoms with van der Waals surface area (Å²) in [6.07, 6.45) is 0. The fourth-order valence-electron chi connectivity index (χ4n) is 1.47. The zero-order chi connectivity index (χ0) is 14.1. The molecule has 19 heavy (non-hydrogen) atoms. The van der Waals surface area contributed by atoms with Crippen molar-refractivity contribution in [2.24, 2.45) is 5.10 Å². The summed E-state index contributed by atoms with van der Waals surface area (Å²) in [7, 11) is 1.72. The number of allylic oxidation sites excluding steroid dienone is 1. The summed E-state index contributed by atoms with van der Waals surface area (Å²) < 4.78 is 0. The maximum atomic E-state index is 5.25. The Morgan fingerprint density at radius 2 is 2.00 bits per heavy atom. The van der Waals surface area contributed by atoms with Crippen LogP contribution in [0, 0.1) is 0 Å². The molecule has 0 aromatic heterocycles. The van der Waals surface area contributed by atoms with Crippen molar-refractivity contribution in [1.29, 1.82) is 0 Å². The minimum atomic E-state index is 0.588. The summed E-state index contributed by atoms with van der Waals surface area (Å²) in [6, 6.07) is 10.1. The highest BCUT2D eigenvalue weighted by molar-refractivity contribution is 5.79. The van der Waals surface area contributed by atoms with Crippen molar-refractivity contribution in [2.75, 3.05) is 13.6 Å². The quantitative estimate of drug-likeness (QED) is 0.356. The van der Waals surface area contributed by atoms with Crippen molar-refractivity contribution in [2.45, 2.75) is 20.4 Å². The summed E-state index contributed by atoms with van der Waals surface area (Å²) in [5.74, 6) is 1.25. The number of rotatable bonds is 6. The van der Waals surface area contributed by atoms with Crippen molar-refractivity contribution in [3.8, 4) is 0 Å². The molecule has 5 nitrogen and oxygen atoms in total. The Bertz CT molecular complexity index is 417. The average molecular weight is 262 g/mol. The van der Waals surface area contributed by atoms with Crippen molar-refractivity contribution in [3.05, 3.63) is 48.2 Å². The van der Waals surface area contributed by atoms with E-state index in [4.69, 9.17) is 4.84 Å². The molecule has 0 atom stereocenters. The van der Waals surface area contributed by atoms with Crippen LogP contribution in [0.3, 0.4) is 0 Å². The largest absolute Gasteiger partial charge is 0.368 e. The molecule has 0 bridgehead atoms. The third-order valence-electron chi connectivity index (χ3n) is 2.18. The smallest absolute Gasteiger partial charge is 0.217 e. The summed E-state index contributed by atoms with van der Waals surface area (Å²) >= 11 is 0. The predicted octanol–water partition coefficient (Wildman–Crippen LogP) is 2.05. The number of hydrazone groups is 1. The molecule has 2 N–H and O–H groups in total. The second-order valence-corrected chi connectivity index (χ2v) is 4.08. The van der Waals surface area contributed by atoms with Crippen LogP contribution in [-0.2, 0) is 11.4 Å². The SMILES string of the molecule is C=C(C)ON(C)/N=C(/NCC)NCc1ccccc1. The first-order valence-electron chi connectivity index (χ1n) is 6.29. The van der Waals surface area contributed by atoms with Crippen LogP contribution in [0.15, 0.2) is 47.8 Å². The summed E-state index contributed by atoms with van der Waals surface area (Å²) in [6.45, 7) is 8.94. The van der Waals surface area contributed by atoms with Gasteiger partial charge in [-0.15, -0.1) is 10.3 Å². The van der Waals surface area contributed by atoms with Gasteiger partial charge in [0.1, 0.15) is 5.76 Å². The number of hydrogen-bond donors (Lipinski definition) is 2. The van der Waals surface area contributed by atoms with E-state index in [0.717, 1.165) is 6.54 Å². The number of hydroxylamine groups is 1. The second-order valence-electron chi connectivity index (χ2n) is 4.08. The molecule has 0 radical (unpaired) electrons. The van der Waals surface area contributed by atoms with Gasteiger partial charge in [0, 0.05) is 13.1 Å². The molecule has 1 aromatic rings. The first-order valence-corrected chi connectivity index (χ1v) is 6.29. The Kier molecular flexibility index (Phi) is 6.29. The topological polar surface area (TPSA) is 48.9 Å². The molecular weight excluding hydrogens is 240 g/mol. The van der Waals surface area contributed by atoms with Crippen LogP contribution in [0.2, 0.25) is 0 Å². The Morgan fingerprint density at radius 1 is 1.32 bits per heavy atom. The highest BCUT2D eigenvalue weighted by atomic mass is 16.7. The van der Waals surface area contributed by atoms with Gasteiger partial charge in [-0.1, -0.05) is 36.9 Å². The Labute approximate surface area is 114 Å². The number of hydrogen-bond acceptors (Lipinski definition) is 3. The lowest BCUT2D eigenvalue weighted by atomic mass is 10.2. The van der Waals surface area contributed by atoms with E-state index in [-0.39, 0.29) is 0 Å². The zero-order valence-corrected chi connectivity index (χ0v) is 11.8. The van der Waals surface area contributed by atoms with Crippen LogP contribution in [0.25, 0.3) is 0 Å². The third kappa shape index (κ3) is 6.35. The van der Waals surface area contributed by atoms with Gasteiger partial charge in [0.15, 0.2) is 0 Å². The average Bonchev–Trinajstić information content (AvgIpc) is 2.36. The van der Waals surface area contributed by atoms with Crippen LogP contribution in [0.4, 0.5) is 0 Å². The summed E-state index contributed by atoms with van der Waals surface area (Å²) in [5.41, 5.74) is 1.19. The Balaban J connectivity index is 2.56. The maximum absolute atomic E-state index is 5.25. The minimum absolute atomic E-state index is 0.588. The van der Waals surface area contributed by atoms with Crippen molar-refractivity contribution < 1.29 is 4.84 Å². The van der Waals surface area contributed by atoms with Gasteiger partial charge in [-0.05, 0) is 19.4 Å². The van der Waals surface area contributed by atoms with Gasteiger partial charge >= 0.3 is 0 Å². The van der Waals surface area contributed by atoms with Crippen LogP contribution in [0.5, 0.6) is 0 Å². The van der Waals surface area contributed by atoms with E-state index in [1.807, 2.05) is 25.1 Å². The lowest BCUT2D eigenvalue weighted by molar-refractivity contribution is -0.0949.